The number of carbonyl (C=O) groups excluding carboxylic acids is 1. The minimum absolute atomic E-state index is 0.0426. The van der Waals surface area contributed by atoms with Crippen molar-refractivity contribution in [3.63, 3.8) is 0 Å². The molecular formula is C20H19ClN6O4. The number of halogens is 1. The Hall–Kier alpha value is -3.45. The number of benzene rings is 1. The number of aromatic amines is 1. The second kappa shape index (κ2) is 8.00. The molecule has 0 radical (unpaired) electrons. The summed E-state index contributed by atoms with van der Waals surface area (Å²) in [5.74, 6) is -2.21. The number of rotatable bonds is 3. The second-order valence-electron chi connectivity index (χ2n) is 7.88. The molecule has 2 N–H and O–H groups in total. The van der Waals surface area contributed by atoms with E-state index in [0.29, 0.717) is 11.9 Å². The fraction of sp³-hybridized carbons (Fsp3) is 0.400. The number of piperidine rings is 1. The summed E-state index contributed by atoms with van der Waals surface area (Å²) < 4.78 is 0. The molecule has 0 spiro atoms. The van der Waals surface area contributed by atoms with Gasteiger partial charge in [0.05, 0.1) is 16.6 Å². The molecule has 3 unspecified atom stereocenters. The lowest BCUT2D eigenvalue weighted by Crippen LogP contribution is -2.41. The van der Waals surface area contributed by atoms with E-state index in [9.17, 15) is 25.0 Å². The fourth-order valence-electron chi connectivity index (χ4n) is 4.25. The number of non-ortho nitro benzene ring substituents is 1. The number of hydrogen-bond donors (Lipinski definition) is 2. The Morgan fingerprint density at radius 3 is 2.84 bits per heavy atom. The van der Waals surface area contributed by atoms with Crippen molar-refractivity contribution >= 4 is 35.0 Å². The molecule has 1 aromatic carbocycles. The SMILES string of the molecule is CC1CCCN(c2nc3c(c(=O)[nH]2)C(c2cc([N+](=O)[O-])ccc2Cl)C(C#N)C(=O)N3)C1. The van der Waals surface area contributed by atoms with Crippen molar-refractivity contribution in [1.82, 2.24) is 9.97 Å². The summed E-state index contributed by atoms with van der Waals surface area (Å²) in [6.45, 7) is 3.56. The van der Waals surface area contributed by atoms with Crippen LogP contribution < -0.4 is 15.8 Å². The van der Waals surface area contributed by atoms with Gasteiger partial charge < -0.3 is 10.2 Å². The standard InChI is InChI=1S/C20H19ClN6O4/c1-10-3-2-6-26(9-10)20-24-17-16(19(29)25-20)15(13(8-22)18(28)23-17)12-7-11(27(30)31)4-5-14(12)21/h4-5,7,10,13,15H,2-3,6,9H2,1H3,(H2,23,24,25,28,29). The molecule has 1 amide bonds. The molecule has 1 saturated heterocycles. The number of anilines is 2. The summed E-state index contributed by atoms with van der Waals surface area (Å²) in [7, 11) is 0. The Labute approximate surface area is 182 Å². The number of nitrogens with one attached hydrogen (secondary N) is 2. The van der Waals surface area contributed by atoms with Crippen LogP contribution in [0.5, 0.6) is 0 Å². The number of nitro groups is 1. The van der Waals surface area contributed by atoms with Crippen LogP contribution in [0.2, 0.25) is 5.02 Å². The zero-order valence-corrected chi connectivity index (χ0v) is 17.3. The van der Waals surface area contributed by atoms with Crippen molar-refractivity contribution < 1.29 is 9.72 Å². The van der Waals surface area contributed by atoms with Crippen LogP contribution in [0.1, 0.15) is 36.8 Å². The van der Waals surface area contributed by atoms with E-state index >= 15 is 0 Å². The van der Waals surface area contributed by atoms with Crippen molar-refractivity contribution in [2.45, 2.75) is 25.7 Å². The minimum atomic E-state index is -1.30. The molecule has 160 valence electrons. The number of carbonyl (C=O) groups is 1. The summed E-state index contributed by atoms with van der Waals surface area (Å²) in [5.41, 5.74) is -0.564. The molecular weight excluding hydrogens is 424 g/mol. The van der Waals surface area contributed by atoms with Gasteiger partial charge in [-0.2, -0.15) is 10.2 Å². The van der Waals surface area contributed by atoms with Crippen molar-refractivity contribution in [3.05, 3.63) is 54.8 Å². The van der Waals surface area contributed by atoms with Crippen molar-refractivity contribution in [2.75, 3.05) is 23.3 Å². The highest BCUT2D eigenvalue weighted by molar-refractivity contribution is 6.31. The number of H-pyrrole nitrogens is 1. The third kappa shape index (κ3) is 3.72. The monoisotopic (exact) mass is 442 g/mol. The van der Waals surface area contributed by atoms with Crippen molar-refractivity contribution in [1.29, 1.82) is 5.26 Å². The normalized spacial score (nSPS) is 22.9. The third-order valence-corrected chi connectivity index (χ3v) is 6.08. The Morgan fingerprint density at radius 1 is 1.39 bits per heavy atom. The van der Waals surface area contributed by atoms with Crippen LogP contribution in [0.25, 0.3) is 0 Å². The highest BCUT2D eigenvalue weighted by Crippen LogP contribution is 2.42. The molecule has 1 aromatic heterocycles. The van der Waals surface area contributed by atoms with Crippen molar-refractivity contribution in [3.8, 4) is 6.07 Å². The van der Waals surface area contributed by atoms with Gasteiger partial charge in [-0.25, -0.2) is 0 Å². The molecule has 4 rings (SSSR count). The molecule has 0 bridgehead atoms. The Balaban J connectivity index is 1.88. The summed E-state index contributed by atoms with van der Waals surface area (Å²) in [5, 5.41) is 23.6. The Morgan fingerprint density at radius 2 is 2.16 bits per heavy atom. The third-order valence-electron chi connectivity index (χ3n) is 5.73. The lowest BCUT2D eigenvalue weighted by atomic mass is 9.79. The molecule has 1 fully saturated rings. The minimum Gasteiger partial charge on any atom is -0.342 e. The van der Waals surface area contributed by atoms with Crippen LogP contribution >= 0.6 is 11.6 Å². The summed E-state index contributed by atoms with van der Waals surface area (Å²) in [6.07, 6.45) is 2.04. The van der Waals surface area contributed by atoms with Crippen LogP contribution in [-0.2, 0) is 4.79 Å². The maximum atomic E-state index is 13.1. The van der Waals surface area contributed by atoms with E-state index in [0.717, 1.165) is 25.9 Å². The molecule has 3 heterocycles. The lowest BCUT2D eigenvalue weighted by Gasteiger charge is -2.33. The van der Waals surface area contributed by atoms with Crippen LogP contribution in [-0.4, -0.2) is 33.9 Å². The fourth-order valence-corrected chi connectivity index (χ4v) is 4.48. The molecule has 3 atom stereocenters. The maximum absolute atomic E-state index is 13.1. The van der Waals surface area contributed by atoms with Gasteiger partial charge in [0.15, 0.2) is 0 Å². The smallest absolute Gasteiger partial charge is 0.269 e. The van der Waals surface area contributed by atoms with Gasteiger partial charge in [-0.3, -0.25) is 24.7 Å². The first kappa shape index (κ1) is 20.8. The highest BCUT2D eigenvalue weighted by atomic mass is 35.5. The Kier molecular flexibility index (Phi) is 5.37. The first-order chi connectivity index (χ1) is 14.8. The van der Waals surface area contributed by atoms with Crippen LogP contribution in [0.4, 0.5) is 17.5 Å². The van der Waals surface area contributed by atoms with E-state index in [2.05, 4.69) is 22.2 Å². The highest BCUT2D eigenvalue weighted by Gasteiger charge is 2.42. The summed E-state index contributed by atoms with van der Waals surface area (Å²) in [6, 6.07) is 5.63. The van der Waals surface area contributed by atoms with Gasteiger partial charge in [0.2, 0.25) is 11.9 Å². The van der Waals surface area contributed by atoms with Crippen molar-refractivity contribution in [2.24, 2.45) is 11.8 Å². The number of hydrogen-bond acceptors (Lipinski definition) is 7. The maximum Gasteiger partial charge on any atom is 0.269 e. The van der Waals surface area contributed by atoms with Crippen LogP contribution in [0.15, 0.2) is 23.0 Å². The van der Waals surface area contributed by atoms with E-state index in [1.54, 1.807) is 0 Å². The van der Waals surface area contributed by atoms with Gasteiger partial charge in [0.25, 0.3) is 11.2 Å². The molecule has 0 saturated carbocycles. The molecule has 2 aromatic rings. The lowest BCUT2D eigenvalue weighted by molar-refractivity contribution is -0.384. The summed E-state index contributed by atoms with van der Waals surface area (Å²) in [4.78, 5) is 45.6. The number of aromatic nitrogens is 2. The topological polar surface area (TPSA) is 145 Å². The first-order valence-electron chi connectivity index (χ1n) is 9.83. The predicted octanol–water partition coefficient (Wildman–Crippen LogP) is 2.79. The van der Waals surface area contributed by atoms with E-state index < -0.39 is 28.2 Å². The number of nitrogens with zero attached hydrogens (tertiary/aromatic N) is 4. The predicted molar refractivity (Wildman–Crippen MR) is 113 cm³/mol. The van der Waals surface area contributed by atoms with Gasteiger partial charge in [-0.1, -0.05) is 18.5 Å². The van der Waals surface area contributed by atoms with Crippen LogP contribution in [0.3, 0.4) is 0 Å². The Bertz CT molecular complexity index is 1170. The zero-order valence-electron chi connectivity index (χ0n) is 16.6. The summed E-state index contributed by atoms with van der Waals surface area (Å²) >= 11 is 6.29. The van der Waals surface area contributed by atoms with E-state index in [4.69, 9.17) is 11.6 Å². The van der Waals surface area contributed by atoms with Gasteiger partial charge in [0.1, 0.15) is 11.7 Å². The quantitative estimate of drug-likeness (QED) is 0.549. The molecule has 31 heavy (non-hydrogen) atoms. The van der Waals surface area contributed by atoms with E-state index in [1.165, 1.54) is 18.2 Å². The average Bonchev–Trinajstić information content (AvgIpc) is 2.73. The van der Waals surface area contributed by atoms with Gasteiger partial charge >= 0.3 is 0 Å². The first-order valence-corrected chi connectivity index (χ1v) is 10.2. The number of nitriles is 1. The molecule has 10 nitrogen and oxygen atoms in total. The van der Waals surface area contributed by atoms with Crippen LogP contribution in [0, 0.1) is 33.3 Å². The molecule has 11 heteroatoms. The number of fused-ring (bicyclic) bond motifs is 1. The number of amides is 1. The van der Waals surface area contributed by atoms with Gasteiger partial charge in [0, 0.05) is 36.2 Å². The van der Waals surface area contributed by atoms with Gasteiger partial charge in [-0.05, 0) is 30.4 Å². The average molecular weight is 443 g/mol. The molecule has 2 aliphatic heterocycles. The van der Waals surface area contributed by atoms with E-state index in [-0.39, 0.29) is 27.7 Å². The van der Waals surface area contributed by atoms with E-state index in [1.807, 2.05) is 11.0 Å². The largest absolute Gasteiger partial charge is 0.342 e. The molecule has 0 aliphatic carbocycles. The molecule has 2 aliphatic rings. The van der Waals surface area contributed by atoms with Gasteiger partial charge in [-0.15, -0.1) is 0 Å². The number of nitro benzene ring substituents is 1. The second-order valence-corrected chi connectivity index (χ2v) is 8.29. The zero-order chi connectivity index (χ0) is 22.3.